The number of hydrogen-bond acceptors (Lipinski definition) is 4. The van der Waals surface area contributed by atoms with Gasteiger partial charge in [0.05, 0.1) is 19.0 Å². The molecule has 0 aliphatic carbocycles. The monoisotopic (exact) mass is 292 g/mol. The Kier molecular flexibility index (Phi) is 4.93. The van der Waals surface area contributed by atoms with Crippen LogP contribution < -0.4 is 0 Å². The van der Waals surface area contributed by atoms with E-state index in [0.717, 1.165) is 16.5 Å². The third kappa shape index (κ3) is 3.68. The van der Waals surface area contributed by atoms with Crippen molar-refractivity contribution in [1.29, 1.82) is 0 Å². The highest BCUT2D eigenvalue weighted by atomic mass is 35.5. The van der Waals surface area contributed by atoms with E-state index in [1.165, 1.54) is 7.11 Å². The minimum atomic E-state index is -0.209. The Morgan fingerprint density at radius 3 is 2.90 bits per heavy atom. The van der Waals surface area contributed by atoms with E-state index in [-0.39, 0.29) is 5.97 Å². The number of hydrogen-bond donors (Lipinski definition) is 0. The quantitative estimate of drug-likeness (QED) is 0.628. The summed E-state index contributed by atoms with van der Waals surface area (Å²) in [5.74, 6) is -0.209. The summed E-state index contributed by atoms with van der Waals surface area (Å²) >= 11 is 6.21. The lowest BCUT2D eigenvalue weighted by atomic mass is 10.1. The first-order valence-electron chi connectivity index (χ1n) is 6.39. The molecule has 2 rings (SSSR count). The molecule has 0 bridgehead atoms. The molecule has 4 nitrogen and oxygen atoms in total. The summed E-state index contributed by atoms with van der Waals surface area (Å²) in [5, 5.41) is 1.57. The smallest absolute Gasteiger partial charge is 0.306 e. The molecule has 1 aromatic heterocycles. The van der Waals surface area contributed by atoms with Gasteiger partial charge in [0.1, 0.15) is 5.15 Å². The fraction of sp³-hybridized carbons (Fsp3) is 0.333. The number of esters is 1. The zero-order chi connectivity index (χ0) is 14.5. The van der Waals surface area contributed by atoms with Gasteiger partial charge >= 0.3 is 5.97 Å². The van der Waals surface area contributed by atoms with E-state index >= 15 is 0 Å². The van der Waals surface area contributed by atoms with Crippen LogP contribution in [0.3, 0.4) is 0 Å². The number of halogens is 1. The van der Waals surface area contributed by atoms with Gasteiger partial charge in [0.25, 0.3) is 0 Å². The third-order valence-corrected chi connectivity index (χ3v) is 3.44. The van der Waals surface area contributed by atoms with Gasteiger partial charge in [0.2, 0.25) is 0 Å². The van der Waals surface area contributed by atoms with Crippen molar-refractivity contribution in [3.8, 4) is 0 Å². The first-order chi connectivity index (χ1) is 9.60. The van der Waals surface area contributed by atoms with Crippen LogP contribution >= 0.6 is 11.6 Å². The van der Waals surface area contributed by atoms with Gasteiger partial charge in [0.15, 0.2) is 0 Å². The van der Waals surface area contributed by atoms with Gasteiger partial charge < -0.3 is 9.64 Å². The Morgan fingerprint density at radius 2 is 2.15 bits per heavy atom. The molecule has 0 aliphatic rings. The Hall–Kier alpha value is -1.65. The van der Waals surface area contributed by atoms with Crippen molar-refractivity contribution >= 4 is 28.5 Å². The molecule has 2 aromatic rings. The van der Waals surface area contributed by atoms with Crippen LogP contribution in [0.4, 0.5) is 0 Å². The van der Waals surface area contributed by atoms with Crippen LogP contribution in [-0.4, -0.2) is 36.6 Å². The number of fused-ring (bicyclic) bond motifs is 1. The minimum absolute atomic E-state index is 0.209. The first-order valence-corrected chi connectivity index (χ1v) is 6.77. The van der Waals surface area contributed by atoms with Crippen molar-refractivity contribution in [3.05, 3.63) is 41.0 Å². The molecule has 5 heteroatoms. The molecule has 0 fully saturated rings. The van der Waals surface area contributed by atoms with Gasteiger partial charge in [0, 0.05) is 24.0 Å². The molecule has 0 unspecified atom stereocenters. The number of nitrogens with zero attached hydrogens (tertiary/aromatic N) is 2. The molecule has 0 aliphatic heterocycles. The molecular weight excluding hydrogens is 276 g/mol. The van der Waals surface area contributed by atoms with Crippen LogP contribution in [0.1, 0.15) is 12.0 Å². The van der Waals surface area contributed by atoms with Crippen LogP contribution in [0.25, 0.3) is 10.9 Å². The van der Waals surface area contributed by atoms with E-state index in [2.05, 4.69) is 9.72 Å². The number of pyridine rings is 1. The lowest BCUT2D eigenvalue weighted by molar-refractivity contribution is -0.140. The van der Waals surface area contributed by atoms with E-state index < -0.39 is 0 Å². The van der Waals surface area contributed by atoms with E-state index in [1.54, 1.807) is 0 Å². The van der Waals surface area contributed by atoms with Gasteiger partial charge in [-0.1, -0.05) is 29.8 Å². The highest BCUT2D eigenvalue weighted by Crippen LogP contribution is 2.21. The zero-order valence-electron chi connectivity index (χ0n) is 11.6. The van der Waals surface area contributed by atoms with E-state index in [1.807, 2.05) is 42.3 Å². The van der Waals surface area contributed by atoms with Crippen molar-refractivity contribution < 1.29 is 9.53 Å². The van der Waals surface area contributed by atoms with E-state index in [4.69, 9.17) is 11.6 Å². The molecule has 0 spiro atoms. The van der Waals surface area contributed by atoms with Crippen LogP contribution in [0, 0.1) is 0 Å². The molecule has 20 heavy (non-hydrogen) atoms. The Labute approximate surface area is 123 Å². The first kappa shape index (κ1) is 14.8. The van der Waals surface area contributed by atoms with Gasteiger partial charge in [-0.3, -0.25) is 4.79 Å². The topological polar surface area (TPSA) is 42.4 Å². The van der Waals surface area contributed by atoms with Gasteiger partial charge in [-0.25, -0.2) is 4.98 Å². The molecule has 0 amide bonds. The normalized spacial score (nSPS) is 11.0. The second-order valence-corrected chi connectivity index (χ2v) is 5.05. The SMILES string of the molecule is COC(=O)CCN(C)Cc1cc2ccccc2nc1Cl. The average Bonchev–Trinajstić information content (AvgIpc) is 2.45. The summed E-state index contributed by atoms with van der Waals surface area (Å²) in [4.78, 5) is 17.5. The lowest BCUT2D eigenvalue weighted by Crippen LogP contribution is -2.22. The minimum Gasteiger partial charge on any atom is -0.469 e. The lowest BCUT2D eigenvalue weighted by Gasteiger charge is -2.16. The summed E-state index contributed by atoms with van der Waals surface area (Å²) in [6.07, 6.45) is 0.367. The van der Waals surface area contributed by atoms with Crippen LogP contribution in [0.5, 0.6) is 0 Å². The summed E-state index contributed by atoms with van der Waals surface area (Å²) in [6, 6.07) is 9.90. The summed E-state index contributed by atoms with van der Waals surface area (Å²) < 4.78 is 4.63. The van der Waals surface area contributed by atoms with Crippen LogP contribution in [0.15, 0.2) is 30.3 Å². The Morgan fingerprint density at radius 1 is 1.40 bits per heavy atom. The second kappa shape index (κ2) is 6.68. The van der Waals surface area contributed by atoms with Gasteiger partial charge in [-0.05, 0) is 19.2 Å². The maximum absolute atomic E-state index is 11.1. The van der Waals surface area contributed by atoms with Gasteiger partial charge in [-0.2, -0.15) is 0 Å². The average molecular weight is 293 g/mol. The number of ether oxygens (including phenoxy) is 1. The molecular formula is C15H17ClN2O2. The summed E-state index contributed by atoms with van der Waals surface area (Å²) in [6.45, 7) is 1.27. The zero-order valence-corrected chi connectivity index (χ0v) is 12.4. The number of para-hydroxylation sites is 1. The number of rotatable bonds is 5. The predicted octanol–water partition coefficient (Wildman–Crippen LogP) is 2.88. The largest absolute Gasteiger partial charge is 0.469 e. The molecule has 106 valence electrons. The number of benzene rings is 1. The third-order valence-electron chi connectivity index (χ3n) is 3.12. The van der Waals surface area contributed by atoms with Gasteiger partial charge in [-0.15, -0.1) is 0 Å². The van der Waals surface area contributed by atoms with Crippen LogP contribution in [-0.2, 0) is 16.1 Å². The summed E-state index contributed by atoms with van der Waals surface area (Å²) in [5.41, 5.74) is 1.84. The molecule has 0 N–H and O–H groups in total. The maximum atomic E-state index is 11.1. The number of carbonyl (C=O) groups excluding carboxylic acids is 1. The second-order valence-electron chi connectivity index (χ2n) is 4.69. The molecule has 0 radical (unpaired) electrons. The highest BCUT2D eigenvalue weighted by molar-refractivity contribution is 6.30. The summed E-state index contributed by atoms with van der Waals surface area (Å²) in [7, 11) is 3.33. The predicted molar refractivity (Wildman–Crippen MR) is 79.7 cm³/mol. The Balaban J connectivity index is 2.08. The van der Waals surface area contributed by atoms with E-state index in [9.17, 15) is 4.79 Å². The van der Waals surface area contributed by atoms with E-state index in [0.29, 0.717) is 24.7 Å². The fourth-order valence-electron chi connectivity index (χ4n) is 2.00. The van der Waals surface area contributed by atoms with Crippen molar-refractivity contribution in [2.45, 2.75) is 13.0 Å². The van der Waals surface area contributed by atoms with Crippen molar-refractivity contribution in [1.82, 2.24) is 9.88 Å². The number of aromatic nitrogens is 1. The molecule has 1 heterocycles. The molecule has 0 atom stereocenters. The standard InChI is InChI=1S/C15H17ClN2O2/c1-18(8-7-14(19)20-2)10-12-9-11-5-3-4-6-13(11)17-15(12)16/h3-6,9H,7-8,10H2,1-2H3. The molecule has 0 saturated carbocycles. The van der Waals surface area contributed by atoms with Crippen molar-refractivity contribution in [2.75, 3.05) is 20.7 Å². The number of carbonyl (C=O) groups is 1. The highest BCUT2D eigenvalue weighted by Gasteiger charge is 2.09. The van der Waals surface area contributed by atoms with Crippen molar-refractivity contribution in [3.63, 3.8) is 0 Å². The van der Waals surface area contributed by atoms with Crippen molar-refractivity contribution in [2.24, 2.45) is 0 Å². The fourth-order valence-corrected chi connectivity index (χ4v) is 2.21. The molecule has 0 saturated heterocycles. The van der Waals surface area contributed by atoms with Crippen LogP contribution in [0.2, 0.25) is 5.15 Å². The maximum Gasteiger partial charge on any atom is 0.306 e. The Bertz CT molecular complexity index is 616. The number of methoxy groups -OCH3 is 1. The molecule has 1 aromatic carbocycles.